The summed E-state index contributed by atoms with van der Waals surface area (Å²) in [5, 5.41) is 15.1. The predicted octanol–water partition coefficient (Wildman–Crippen LogP) is -0.781. The van der Waals surface area contributed by atoms with Crippen LogP contribution in [0.25, 0.3) is 0 Å². The van der Waals surface area contributed by atoms with Crippen molar-refractivity contribution in [2.75, 3.05) is 5.73 Å². The minimum Gasteiger partial charge on any atom is -0.378 e. The monoisotopic (exact) mass is 218 g/mol. The molecule has 1 heterocycles. The summed E-state index contributed by atoms with van der Waals surface area (Å²) in [7, 11) is -4.00. The van der Waals surface area contributed by atoms with E-state index in [9.17, 15) is 18.5 Å². The van der Waals surface area contributed by atoms with Gasteiger partial charge in [0.2, 0.25) is 15.8 Å². The molecule has 0 unspecified atom stereocenters. The lowest BCUT2D eigenvalue weighted by Gasteiger charge is -1.99. The normalized spacial score (nSPS) is 11.2. The number of nitrogen functional groups attached to an aromatic ring is 1. The van der Waals surface area contributed by atoms with Crippen LogP contribution in [-0.4, -0.2) is 18.3 Å². The molecule has 9 heteroatoms. The Bertz CT molecular complexity index is 483. The van der Waals surface area contributed by atoms with Gasteiger partial charge in [-0.25, -0.2) is 18.5 Å². The van der Waals surface area contributed by atoms with E-state index in [-0.39, 0.29) is 5.82 Å². The average molecular weight is 218 g/mol. The summed E-state index contributed by atoms with van der Waals surface area (Å²) in [6.07, 6.45) is 0.859. The van der Waals surface area contributed by atoms with E-state index in [0.29, 0.717) is 0 Å². The van der Waals surface area contributed by atoms with Gasteiger partial charge in [0.1, 0.15) is 4.90 Å². The lowest BCUT2D eigenvalue weighted by Crippen LogP contribution is -2.13. The fraction of sp³-hybridized carbons (Fsp3) is 0. The Morgan fingerprint density at radius 3 is 2.50 bits per heavy atom. The zero-order valence-corrected chi connectivity index (χ0v) is 7.56. The maximum Gasteiger partial charge on any atom is 0.312 e. The Kier molecular flexibility index (Phi) is 2.36. The topological polar surface area (TPSA) is 142 Å². The Balaban J connectivity index is 3.42. The quantitative estimate of drug-likeness (QED) is 0.492. The molecule has 0 aliphatic heterocycles. The number of pyridine rings is 1. The van der Waals surface area contributed by atoms with E-state index in [4.69, 9.17) is 10.9 Å². The standard InChI is InChI=1S/C5H6N4O4S/c6-5-4(9(10)11)1-3(2-8-5)14(7,12)13/h1-2H,(H2,6,8)(H2,7,12,13). The highest BCUT2D eigenvalue weighted by Crippen LogP contribution is 2.21. The molecule has 76 valence electrons. The molecule has 0 aliphatic rings. The lowest BCUT2D eigenvalue weighted by molar-refractivity contribution is -0.384. The third-order valence-corrected chi connectivity index (χ3v) is 2.28. The highest BCUT2D eigenvalue weighted by Gasteiger charge is 2.18. The molecule has 1 rings (SSSR count). The molecular formula is C5H6N4O4S. The molecule has 1 aromatic rings. The molecule has 14 heavy (non-hydrogen) atoms. The number of sulfonamides is 1. The second kappa shape index (κ2) is 3.20. The second-order valence-electron chi connectivity index (χ2n) is 2.38. The van der Waals surface area contributed by atoms with E-state index < -0.39 is 25.5 Å². The van der Waals surface area contributed by atoms with E-state index in [1.54, 1.807) is 0 Å². The molecule has 0 aliphatic carbocycles. The molecule has 0 radical (unpaired) electrons. The molecule has 0 saturated carbocycles. The Hall–Kier alpha value is -1.74. The van der Waals surface area contributed by atoms with E-state index in [1.807, 2.05) is 0 Å². The summed E-state index contributed by atoms with van der Waals surface area (Å²) in [5.41, 5.74) is 4.56. The molecule has 0 fully saturated rings. The Morgan fingerprint density at radius 2 is 2.07 bits per heavy atom. The summed E-state index contributed by atoms with van der Waals surface area (Å²) in [6.45, 7) is 0. The van der Waals surface area contributed by atoms with Gasteiger partial charge in [-0.3, -0.25) is 10.1 Å². The first-order valence-corrected chi connectivity index (χ1v) is 4.79. The predicted molar refractivity (Wildman–Crippen MR) is 46.7 cm³/mol. The van der Waals surface area contributed by atoms with E-state index >= 15 is 0 Å². The number of aromatic nitrogens is 1. The van der Waals surface area contributed by atoms with Crippen molar-refractivity contribution in [3.63, 3.8) is 0 Å². The van der Waals surface area contributed by atoms with Crippen molar-refractivity contribution in [1.29, 1.82) is 0 Å². The van der Waals surface area contributed by atoms with E-state index in [2.05, 4.69) is 4.98 Å². The third kappa shape index (κ3) is 1.95. The smallest absolute Gasteiger partial charge is 0.312 e. The molecule has 0 spiro atoms. The fourth-order valence-corrected chi connectivity index (χ4v) is 1.22. The van der Waals surface area contributed by atoms with Gasteiger partial charge in [0, 0.05) is 12.3 Å². The van der Waals surface area contributed by atoms with Gasteiger partial charge in [0.15, 0.2) is 0 Å². The Labute approximate surface area is 78.7 Å². The van der Waals surface area contributed by atoms with E-state index in [0.717, 1.165) is 12.3 Å². The van der Waals surface area contributed by atoms with Gasteiger partial charge >= 0.3 is 5.69 Å². The van der Waals surface area contributed by atoms with Gasteiger partial charge in [-0.2, -0.15) is 0 Å². The highest BCUT2D eigenvalue weighted by atomic mass is 32.2. The summed E-state index contributed by atoms with van der Waals surface area (Å²) in [4.78, 5) is 12.4. The zero-order chi connectivity index (χ0) is 10.9. The van der Waals surface area contributed by atoms with Crippen molar-refractivity contribution in [2.24, 2.45) is 5.14 Å². The minimum absolute atomic E-state index is 0.359. The maximum atomic E-state index is 10.8. The van der Waals surface area contributed by atoms with Crippen LogP contribution in [0.3, 0.4) is 0 Å². The van der Waals surface area contributed by atoms with Crippen LogP contribution in [0.2, 0.25) is 0 Å². The summed E-state index contributed by atoms with van der Waals surface area (Å²) in [5.74, 6) is -0.359. The number of hydrogen-bond acceptors (Lipinski definition) is 6. The van der Waals surface area contributed by atoms with Crippen molar-refractivity contribution >= 4 is 21.5 Å². The lowest BCUT2D eigenvalue weighted by atomic mass is 10.4. The molecule has 1 aromatic heterocycles. The van der Waals surface area contributed by atoms with Crippen molar-refractivity contribution in [3.05, 3.63) is 22.4 Å². The molecule has 0 saturated heterocycles. The molecule has 4 N–H and O–H groups in total. The number of hydrogen-bond donors (Lipinski definition) is 2. The molecule has 0 atom stereocenters. The zero-order valence-electron chi connectivity index (χ0n) is 6.75. The highest BCUT2D eigenvalue weighted by molar-refractivity contribution is 7.89. The van der Waals surface area contributed by atoms with Crippen molar-refractivity contribution in [2.45, 2.75) is 4.90 Å². The van der Waals surface area contributed by atoms with Gasteiger partial charge in [-0.15, -0.1) is 0 Å². The van der Waals surface area contributed by atoms with Crippen LogP contribution in [0.1, 0.15) is 0 Å². The van der Waals surface area contributed by atoms with Crippen molar-refractivity contribution in [3.8, 4) is 0 Å². The summed E-state index contributed by atoms with van der Waals surface area (Å²) >= 11 is 0. The molecule has 0 aromatic carbocycles. The minimum atomic E-state index is -4.00. The first-order chi connectivity index (χ1) is 6.32. The van der Waals surface area contributed by atoms with Gasteiger partial charge in [0.05, 0.1) is 4.92 Å². The van der Waals surface area contributed by atoms with Crippen LogP contribution in [0.5, 0.6) is 0 Å². The molecule has 0 bridgehead atoms. The van der Waals surface area contributed by atoms with Crippen LogP contribution >= 0.6 is 0 Å². The number of nitrogens with zero attached hydrogens (tertiary/aromatic N) is 2. The average Bonchev–Trinajstić information content (AvgIpc) is 2.02. The Morgan fingerprint density at radius 1 is 1.50 bits per heavy atom. The van der Waals surface area contributed by atoms with E-state index in [1.165, 1.54) is 0 Å². The SMILES string of the molecule is Nc1ncc(S(N)(=O)=O)cc1[N+](=O)[O-]. The molecule has 8 nitrogen and oxygen atoms in total. The van der Waals surface area contributed by atoms with Gasteiger partial charge < -0.3 is 5.73 Å². The van der Waals surface area contributed by atoms with Gasteiger partial charge in [-0.1, -0.05) is 0 Å². The number of nitro groups is 1. The van der Waals surface area contributed by atoms with Crippen LogP contribution in [0, 0.1) is 10.1 Å². The van der Waals surface area contributed by atoms with Crippen LogP contribution in [0.4, 0.5) is 11.5 Å². The van der Waals surface area contributed by atoms with Gasteiger partial charge in [0.25, 0.3) is 0 Å². The first-order valence-electron chi connectivity index (χ1n) is 3.25. The summed E-state index contributed by atoms with van der Waals surface area (Å²) in [6, 6.07) is 0.762. The fourth-order valence-electron chi connectivity index (χ4n) is 0.747. The van der Waals surface area contributed by atoms with Crippen LogP contribution in [-0.2, 0) is 10.0 Å². The van der Waals surface area contributed by atoms with Crippen molar-refractivity contribution < 1.29 is 13.3 Å². The number of primary sulfonamides is 1. The van der Waals surface area contributed by atoms with Crippen molar-refractivity contribution in [1.82, 2.24) is 4.98 Å². The number of anilines is 1. The second-order valence-corrected chi connectivity index (χ2v) is 3.94. The van der Waals surface area contributed by atoms with Crippen LogP contribution < -0.4 is 10.9 Å². The number of rotatable bonds is 2. The third-order valence-electron chi connectivity index (χ3n) is 1.40. The molecule has 0 amide bonds. The largest absolute Gasteiger partial charge is 0.378 e. The van der Waals surface area contributed by atoms with Gasteiger partial charge in [-0.05, 0) is 0 Å². The first kappa shape index (κ1) is 10.3. The number of nitrogens with two attached hydrogens (primary N) is 2. The maximum absolute atomic E-state index is 10.8. The molecular weight excluding hydrogens is 212 g/mol. The summed E-state index contributed by atoms with van der Waals surface area (Å²) < 4.78 is 21.6. The van der Waals surface area contributed by atoms with Crippen LogP contribution in [0.15, 0.2) is 17.2 Å².